The first-order valence-electron chi connectivity index (χ1n) is 7.90. The Labute approximate surface area is 141 Å². The molecule has 0 aliphatic carbocycles. The summed E-state index contributed by atoms with van der Waals surface area (Å²) < 4.78 is 3.59. The summed E-state index contributed by atoms with van der Waals surface area (Å²) in [4.78, 5) is 15.0. The van der Waals surface area contributed by atoms with Crippen LogP contribution in [0.2, 0.25) is 0 Å². The normalized spacial score (nSPS) is 10.7. The Bertz CT molecular complexity index is 892. The molecule has 0 saturated heterocycles. The van der Waals surface area contributed by atoms with E-state index < -0.39 is 0 Å². The molecule has 0 aliphatic heterocycles. The van der Waals surface area contributed by atoms with Gasteiger partial charge in [0.05, 0.1) is 11.4 Å². The molecule has 0 fully saturated rings. The highest BCUT2D eigenvalue weighted by molar-refractivity contribution is 5.66. The molecule has 0 amide bonds. The molecule has 0 atom stereocenters. The van der Waals surface area contributed by atoms with Gasteiger partial charge in [-0.15, -0.1) is 0 Å². The molecule has 0 aliphatic rings. The monoisotopic (exact) mass is 322 g/mol. The molecule has 0 unspecified atom stereocenters. The highest BCUT2D eigenvalue weighted by atomic mass is 16.1. The van der Waals surface area contributed by atoms with Crippen molar-refractivity contribution in [2.45, 2.75) is 6.92 Å². The molecule has 3 aromatic rings. The topological polar surface area (TPSA) is 42.2 Å². The second kappa shape index (κ2) is 6.28. The molecule has 1 N–H and O–H groups in total. The van der Waals surface area contributed by atoms with Gasteiger partial charge in [-0.05, 0) is 43.3 Å². The van der Waals surface area contributed by atoms with Gasteiger partial charge in [-0.25, -0.2) is 4.68 Å². The van der Waals surface area contributed by atoms with E-state index in [9.17, 15) is 4.79 Å². The van der Waals surface area contributed by atoms with Crippen molar-refractivity contribution in [1.82, 2.24) is 9.36 Å². The van der Waals surface area contributed by atoms with E-state index in [1.165, 1.54) is 0 Å². The van der Waals surface area contributed by atoms with Crippen molar-refractivity contribution in [2.24, 2.45) is 7.05 Å². The molecule has 5 heteroatoms. The van der Waals surface area contributed by atoms with Crippen LogP contribution in [-0.2, 0) is 7.05 Å². The van der Waals surface area contributed by atoms with E-state index in [0.29, 0.717) is 5.69 Å². The van der Waals surface area contributed by atoms with E-state index in [1.54, 1.807) is 4.68 Å². The van der Waals surface area contributed by atoms with Gasteiger partial charge in [-0.3, -0.25) is 9.48 Å². The maximum Gasteiger partial charge on any atom is 0.295 e. The quantitative estimate of drug-likeness (QED) is 0.801. The van der Waals surface area contributed by atoms with Crippen molar-refractivity contribution in [3.05, 3.63) is 70.6 Å². The van der Waals surface area contributed by atoms with Crippen molar-refractivity contribution in [3.63, 3.8) is 0 Å². The molecule has 2 aromatic carbocycles. The Morgan fingerprint density at radius 1 is 1.00 bits per heavy atom. The van der Waals surface area contributed by atoms with E-state index in [-0.39, 0.29) is 5.56 Å². The maximum atomic E-state index is 13.0. The molecule has 0 bridgehead atoms. The van der Waals surface area contributed by atoms with E-state index >= 15 is 0 Å². The fourth-order valence-electron chi connectivity index (χ4n) is 2.92. The van der Waals surface area contributed by atoms with Gasteiger partial charge >= 0.3 is 0 Å². The van der Waals surface area contributed by atoms with Gasteiger partial charge in [-0.1, -0.05) is 18.2 Å². The molecule has 124 valence electrons. The standard InChI is InChI=1S/C19H22N4O/c1-14-18(21(3)16-12-10-15(20-2)11-13-16)19(24)23(22(14)4)17-8-6-5-7-9-17/h5-13,20H,1-4H3. The highest BCUT2D eigenvalue weighted by Crippen LogP contribution is 2.26. The summed E-state index contributed by atoms with van der Waals surface area (Å²) in [6.07, 6.45) is 0. The van der Waals surface area contributed by atoms with Gasteiger partial charge in [0.2, 0.25) is 0 Å². The lowest BCUT2D eigenvalue weighted by Gasteiger charge is -2.18. The van der Waals surface area contributed by atoms with E-state index in [2.05, 4.69) is 5.32 Å². The Kier molecular flexibility index (Phi) is 4.16. The zero-order chi connectivity index (χ0) is 17.3. The lowest BCUT2D eigenvalue weighted by atomic mass is 10.2. The Balaban J connectivity index is 2.10. The number of anilines is 3. The van der Waals surface area contributed by atoms with Gasteiger partial charge in [0.1, 0.15) is 5.69 Å². The molecule has 3 rings (SSSR count). The third-order valence-electron chi connectivity index (χ3n) is 4.40. The number of hydrogen-bond donors (Lipinski definition) is 1. The predicted molar refractivity (Wildman–Crippen MR) is 99.8 cm³/mol. The van der Waals surface area contributed by atoms with E-state index in [4.69, 9.17) is 0 Å². The lowest BCUT2D eigenvalue weighted by Crippen LogP contribution is -2.23. The van der Waals surface area contributed by atoms with Gasteiger partial charge in [-0.2, -0.15) is 0 Å². The maximum absolute atomic E-state index is 13.0. The fraction of sp³-hybridized carbons (Fsp3) is 0.211. The number of nitrogens with zero attached hydrogens (tertiary/aromatic N) is 3. The summed E-state index contributed by atoms with van der Waals surface area (Å²) in [5.41, 5.74) is 4.45. The van der Waals surface area contributed by atoms with Crippen molar-refractivity contribution in [1.29, 1.82) is 0 Å². The first-order chi connectivity index (χ1) is 11.5. The third-order valence-corrected chi connectivity index (χ3v) is 4.40. The van der Waals surface area contributed by atoms with Crippen molar-refractivity contribution < 1.29 is 0 Å². The van der Waals surface area contributed by atoms with Crippen LogP contribution in [0.3, 0.4) is 0 Å². The van der Waals surface area contributed by atoms with Crippen molar-refractivity contribution >= 4 is 17.1 Å². The van der Waals surface area contributed by atoms with Crippen molar-refractivity contribution in [3.8, 4) is 5.69 Å². The van der Waals surface area contributed by atoms with Gasteiger partial charge in [0.15, 0.2) is 0 Å². The number of benzene rings is 2. The largest absolute Gasteiger partial charge is 0.388 e. The van der Waals surface area contributed by atoms with E-state index in [1.807, 2.05) is 92.2 Å². The smallest absolute Gasteiger partial charge is 0.295 e. The van der Waals surface area contributed by atoms with Crippen LogP contribution >= 0.6 is 0 Å². The SMILES string of the molecule is CNc1ccc(N(C)c2c(C)n(C)n(-c3ccccc3)c2=O)cc1. The highest BCUT2D eigenvalue weighted by Gasteiger charge is 2.20. The van der Waals surface area contributed by atoms with Gasteiger partial charge < -0.3 is 10.2 Å². The minimum Gasteiger partial charge on any atom is -0.388 e. The molecule has 0 spiro atoms. The lowest BCUT2D eigenvalue weighted by molar-refractivity contribution is 0.630. The second-order valence-electron chi connectivity index (χ2n) is 5.77. The van der Waals surface area contributed by atoms with Crippen LogP contribution in [0.25, 0.3) is 5.69 Å². The average molecular weight is 322 g/mol. The summed E-state index contributed by atoms with van der Waals surface area (Å²) in [6.45, 7) is 1.97. The summed E-state index contributed by atoms with van der Waals surface area (Å²) in [5, 5.41) is 3.10. The van der Waals surface area contributed by atoms with Gasteiger partial charge in [0, 0.05) is 32.5 Å². The number of rotatable bonds is 4. The Morgan fingerprint density at radius 2 is 1.62 bits per heavy atom. The van der Waals surface area contributed by atoms with Crippen LogP contribution in [0.4, 0.5) is 17.1 Å². The molecule has 5 nitrogen and oxygen atoms in total. The zero-order valence-corrected chi connectivity index (χ0v) is 14.4. The van der Waals surface area contributed by atoms with Crippen LogP contribution in [0, 0.1) is 6.92 Å². The predicted octanol–water partition coefficient (Wildman–Crippen LogP) is 3.29. The number of hydrogen-bond acceptors (Lipinski definition) is 3. The first-order valence-corrected chi connectivity index (χ1v) is 7.90. The number of nitrogens with one attached hydrogen (secondary N) is 1. The molecule has 0 saturated carbocycles. The summed E-state index contributed by atoms with van der Waals surface area (Å²) in [6, 6.07) is 17.7. The van der Waals surface area contributed by atoms with Gasteiger partial charge in [0.25, 0.3) is 5.56 Å². The Morgan fingerprint density at radius 3 is 2.21 bits per heavy atom. The molecule has 1 aromatic heterocycles. The van der Waals surface area contributed by atoms with Crippen LogP contribution < -0.4 is 15.8 Å². The Hall–Kier alpha value is -2.95. The number of aromatic nitrogens is 2. The van der Waals surface area contributed by atoms with Crippen LogP contribution in [0.15, 0.2) is 59.4 Å². The summed E-state index contributed by atoms with van der Waals surface area (Å²) >= 11 is 0. The molecule has 0 radical (unpaired) electrons. The molecule has 24 heavy (non-hydrogen) atoms. The molecular weight excluding hydrogens is 300 g/mol. The van der Waals surface area contributed by atoms with Crippen LogP contribution in [0.1, 0.15) is 5.69 Å². The summed E-state index contributed by atoms with van der Waals surface area (Å²) in [7, 11) is 5.72. The fourth-order valence-corrected chi connectivity index (χ4v) is 2.92. The first kappa shape index (κ1) is 15.9. The minimum absolute atomic E-state index is 0.0265. The van der Waals surface area contributed by atoms with Crippen LogP contribution in [0.5, 0.6) is 0 Å². The third kappa shape index (κ3) is 2.58. The van der Waals surface area contributed by atoms with Crippen LogP contribution in [-0.4, -0.2) is 23.5 Å². The average Bonchev–Trinajstić information content (AvgIpc) is 2.84. The molecular formula is C19H22N4O. The number of para-hydroxylation sites is 1. The van der Waals surface area contributed by atoms with E-state index in [0.717, 1.165) is 22.8 Å². The summed E-state index contributed by atoms with van der Waals surface area (Å²) in [5.74, 6) is 0. The molecule has 1 heterocycles. The zero-order valence-electron chi connectivity index (χ0n) is 14.4. The minimum atomic E-state index is -0.0265. The second-order valence-corrected chi connectivity index (χ2v) is 5.77. The van der Waals surface area contributed by atoms with Crippen molar-refractivity contribution in [2.75, 3.05) is 24.3 Å².